The SMILES string of the molecule is O=C(SSCCCCCCCCCCCCCCCCCCSSC(=O)SN1CCOCC1)SN1CCOCC1. The summed E-state index contributed by atoms with van der Waals surface area (Å²) in [6.07, 6.45) is 21.6. The van der Waals surface area contributed by atoms with Crippen molar-refractivity contribution in [3.05, 3.63) is 0 Å². The van der Waals surface area contributed by atoms with Crippen molar-refractivity contribution in [3.63, 3.8) is 0 Å². The van der Waals surface area contributed by atoms with Gasteiger partial charge in [-0.05, 0) is 34.4 Å². The Morgan fingerprint density at radius 1 is 0.450 bits per heavy atom. The molecule has 0 aromatic heterocycles. The third kappa shape index (κ3) is 22.8. The third-order valence-electron chi connectivity index (χ3n) is 6.81. The summed E-state index contributed by atoms with van der Waals surface area (Å²) in [6.45, 7) is 6.36. The van der Waals surface area contributed by atoms with E-state index in [9.17, 15) is 9.59 Å². The van der Waals surface area contributed by atoms with Gasteiger partial charge in [-0.15, -0.1) is 0 Å². The van der Waals surface area contributed by atoms with Crippen LogP contribution in [0.2, 0.25) is 0 Å². The molecule has 2 aliphatic rings. The van der Waals surface area contributed by atoms with Gasteiger partial charge >= 0.3 is 0 Å². The maximum atomic E-state index is 12.0. The van der Waals surface area contributed by atoms with E-state index in [0.29, 0.717) is 0 Å². The second-order valence-electron chi connectivity index (χ2n) is 10.2. The fraction of sp³-hybridized carbons (Fsp3) is 0.929. The van der Waals surface area contributed by atoms with E-state index in [4.69, 9.17) is 9.47 Å². The highest BCUT2D eigenvalue weighted by molar-refractivity contribution is 8.86. The number of nitrogens with zero attached hydrogens (tertiary/aromatic N) is 2. The molecule has 0 saturated carbocycles. The lowest BCUT2D eigenvalue weighted by Gasteiger charge is -2.23. The molecule has 0 spiro atoms. The third-order valence-corrected chi connectivity index (χ3v) is 14.0. The average Bonchev–Trinajstić information content (AvgIpc) is 2.96. The van der Waals surface area contributed by atoms with Gasteiger partial charge in [-0.3, -0.25) is 9.59 Å². The molecule has 40 heavy (non-hydrogen) atoms. The molecule has 2 rings (SSSR count). The Labute approximate surface area is 268 Å². The number of ether oxygens (including phenoxy) is 2. The highest BCUT2D eigenvalue weighted by atomic mass is 33.1. The largest absolute Gasteiger partial charge is 0.379 e. The van der Waals surface area contributed by atoms with Crippen LogP contribution < -0.4 is 0 Å². The Kier molecular flexibility index (Phi) is 26.0. The molecule has 0 aromatic rings. The summed E-state index contributed by atoms with van der Waals surface area (Å²) < 4.78 is 15.3. The number of morpholine rings is 2. The van der Waals surface area contributed by atoms with Gasteiger partial charge in [0.15, 0.2) is 0 Å². The average molecular weight is 673 g/mol. The van der Waals surface area contributed by atoms with Gasteiger partial charge in [-0.2, -0.15) is 0 Å². The van der Waals surface area contributed by atoms with Crippen molar-refractivity contribution in [2.24, 2.45) is 0 Å². The predicted molar refractivity (Wildman–Crippen MR) is 185 cm³/mol. The molecule has 12 heteroatoms. The molecule has 0 atom stereocenters. The monoisotopic (exact) mass is 672 g/mol. The number of rotatable bonds is 23. The van der Waals surface area contributed by atoms with E-state index in [1.807, 2.05) is 0 Å². The zero-order valence-electron chi connectivity index (χ0n) is 24.4. The summed E-state index contributed by atoms with van der Waals surface area (Å²) in [7, 11) is 6.25. The van der Waals surface area contributed by atoms with Crippen molar-refractivity contribution in [2.75, 3.05) is 64.1 Å². The topological polar surface area (TPSA) is 59.1 Å². The van der Waals surface area contributed by atoms with Crippen molar-refractivity contribution in [2.45, 2.75) is 103 Å². The van der Waals surface area contributed by atoms with Gasteiger partial charge in [0.25, 0.3) is 8.89 Å². The highest BCUT2D eigenvalue weighted by Crippen LogP contribution is 2.32. The molecule has 234 valence electrons. The molecule has 0 N–H and O–H groups in total. The first kappa shape index (κ1) is 37.5. The van der Waals surface area contributed by atoms with Crippen LogP contribution in [0.4, 0.5) is 9.59 Å². The van der Waals surface area contributed by atoms with Crippen LogP contribution in [0.15, 0.2) is 0 Å². The predicted octanol–water partition coefficient (Wildman–Crippen LogP) is 10.2. The molecular formula is C28H52N2O4S6. The molecule has 2 aliphatic heterocycles. The Balaban J connectivity index is 1.19. The Bertz CT molecular complexity index is 574. The van der Waals surface area contributed by atoms with Crippen LogP contribution in [0.3, 0.4) is 0 Å². The standard InChI is InChI=1S/C28H52N2O4S6/c31-27(37-29-17-21-33-22-18-29)39-35-25-15-13-11-9-7-5-3-1-2-4-6-8-10-12-14-16-26-36-40-28(32)38-30-19-23-34-24-20-30/h1-26H2. The molecule has 2 fully saturated rings. The lowest BCUT2D eigenvalue weighted by atomic mass is 10.0. The zero-order valence-corrected chi connectivity index (χ0v) is 29.3. The van der Waals surface area contributed by atoms with E-state index in [1.54, 1.807) is 21.6 Å². The van der Waals surface area contributed by atoms with E-state index >= 15 is 0 Å². The van der Waals surface area contributed by atoms with E-state index in [-0.39, 0.29) is 8.89 Å². The molecule has 0 aliphatic carbocycles. The highest BCUT2D eigenvalue weighted by Gasteiger charge is 2.16. The molecule has 0 radical (unpaired) electrons. The van der Waals surface area contributed by atoms with Crippen LogP contribution in [0.25, 0.3) is 0 Å². The van der Waals surface area contributed by atoms with Crippen LogP contribution in [0, 0.1) is 0 Å². The van der Waals surface area contributed by atoms with Crippen molar-refractivity contribution < 1.29 is 19.1 Å². The molecule has 2 saturated heterocycles. The summed E-state index contributed by atoms with van der Waals surface area (Å²) in [5.41, 5.74) is 0. The number of unbranched alkanes of at least 4 members (excludes halogenated alkanes) is 15. The summed E-state index contributed by atoms with van der Waals surface area (Å²) in [6, 6.07) is 0. The molecule has 0 amide bonds. The Morgan fingerprint density at radius 2 is 0.725 bits per heavy atom. The van der Waals surface area contributed by atoms with Crippen molar-refractivity contribution in [1.29, 1.82) is 0 Å². The van der Waals surface area contributed by atoms with Gasteiger partial charge in [0.05, 0.1) is 26.4 Å². The second-order valence-corrected chi connectivity index (χ2v) is 17.7. The van der Waals surface area contributed by atoms with E-state index in [1.165, 1.54) is 148 Å². The smallest absolute Gasteiger partial charge is 0.271 e. The van der Waals surface area contributed by atoms with Gasteiger partial charge in [0, 0.05) is 61.6 Å². The summed E-state index contributed by atoms with van der Waals surface area (Å²) in [5, 5.41) is 0. The van der Waals surface area contributed by atoms with Crippen molar-refractivity contribution >= 4 is 76.0 Å². The summed E-state index contributed by atoms with van der Waals surface area (Å²) in [5.74, 6) is 2.16. The molecule has 0 unspecified atom stereocenters. The molecule has 2 heterocycles. The van der Waals surface area contributed by atoms with Gasteiger partial charge in [-0.1, -0.05) is 111 Å². The van der Waals surface area contributed by atoms with Crippen LogP contribution in [0.5, 0.6) is 0 Å². The van der Waals surface area contributed by atoms with E-state index in [0.717, 1.165) is 64.1 Å². The normalized spacial score (nSPS) is 16.9. The van der Waals surface area contributed by atoms with Crippen LogP contribution in [0.1, 0.15) is 103 Å². The van der Waals surface area contributed by atoms with Crippen LogP contribution in [-0.2, 0) is 9.47 Å². The maximum absolute atomic E-state index is 12.0. The first-order chi connectivity index (χ1) is 19.7. The molecule has 6 nitrogen and oxygen atoms in total. The summed E-state index contributed by atoms with van der Waals surface area (Å²) in [4.78, 5) is 24.0. The lowest BCUT2D eigenvalue weighted by Crippen LogP contribution is -2.31. The Hall–Kier alpha value is 1.28. The number of hydrogen-bond acceptors (Lipinski definition) is 12. The fourth-order valence-electron chi connectivity index (χ4n) is 4.49. The van der Waals surface area contributed by atoms with Gasteiger partial charge in [-0.25, -0.2) is 8.61 Å². The minimum Gasteiger partial charge on any atom is -0.379 e. The number of carbonyl (C=O) groups excluding carboxylic acids is 2. The maximum Gasteiger partial charge on any atom is 0.271 e. The van der Waals surface area contributed by atoms with Crippen molar-refractivity contribution in [3.8, 4) is 0 Å². The molecule has 0 aromatic carbocycles. The van der Waals surface area contributed by atoms with Crippen molar-refractivity contribution in [1.82, 2.24) is 8.61 Å². The van der Waals surface area contributed by atoms with Gasteiger partial charge in [0.2, 0.25) is 0 Å². The zero-order chi connectivity index (χ0) is 28.4. The first-order valence-corrected chi connectivity index (χ1v) is 21.6. The Morgan fingerprint density at radius 3 is 1.02 bits per heavy atom. The fourth-order valence-corrected chi connectivity index (χ4v) is 10.7. The van der Waals surface area contributed by atoms with Gasteiger partial charge < -0.3 is 9.47 Å². The number of hydrogen-bond donors (Lipinski definition) is 0. The quantitative estimate of drug-likeness (QED) is 0.0590. The lowest BCUT2D eigenvalue weighted by molar-refractivity contribution is 0.0775. The van der Waals surface area contributed by atoms with Crippen LogP contribution in [-0.4, -0.2) is 81.6 Å². The minimum atomic E-state index is 0.206. The van der Waals surface area contributed by atoms with Crippen LogP contribution >= 0.6 is 67.1 Å². The van der Waals surface area contributed by atoms with E-state index < -0.39 is 0 Å². The summed E-state index contributed by atoms with van der Waals surface area (Å²) >= 11 is 2.72. The molecule has 0 bridgehead atoms. The minimum absolute atomic E-state index is 0.206. The van der Waals surface area contributed by atoms with Gasteiger partial charge in [0.1, 0.15) is 0 Å². The van der Waals surface area contributed by atoms with E-state index in [2.05, 4.69) is 8.61 Å². The number of carbonyl (C=O) groups is 2. The second kappa shape index (κ2) is 27.8. The first-order valence-electron chi connectivity index (χ1n) is 15.4. The molecular weight excluding hydrogens is 621 g/mol.